The van der Waals surface area contributed by atoms with Crippen molar-refractivity contribution in [1.29, 1.82) is 0 Å². The summed E-state index contributed by atoms with van der Waals surface area (Å²) in [7, 11) is 0. The molecule has 2 rings (SSSR count). The van der Waals surface area contributed by atoms with Gasteiger partial charge in [-0.15, -0.1) is 11.8 Å². The second-order valence-corrected chi connectivity index (χ2v) is 6.78. The maximum absolute atomic E-state index is 12.3. The first-order chi connectivity index (χ1) is 11.0. The molecule has 1 amide bonds. The van der Waals surface area contributed by atoms with Crippen LogP contribution in [0, 0.1) is 5.92 Å². The third-order valence-electron chi connectivity index (χ3n) is 4.28. The van der Waals surface area contributed by atoms with E-state index in [2.05, 4.69) is 17.2 Å². The van der Waals surface area contributed by atoms with Crippen molar-refractivity contribution in [3.63, 3.8) is 0 Å². The summed E-state index contributed by atoms with van der Waals surface area (Å²) in [5, 5.41) is 3.62. The molecule has 1 heterocycles. The zero-order valence-electron chi connectivity index (χ0n) is 13.9. The molecule has 3 atom stereocenters. The van der Waals surface area contributed by atoms with Crippen LogP contribution >= 0.6 is 11.8 Å². The van der Waals surface area contributed by atoms with E-state index < -0.39 is 12.1 Å². The molecule has 1 N–H and O–H groups in total. The van der Waals surface area contributed by atoms with Gasteiger partial charge in [-0.25, -0.2) is 9.78 Å². The fraction of sp³-hybridized carbons (Fsp3) is 0.588. The van der Waals surface area contributed by atoms with Gasteiger partial charge in [0, 0.05) is 12.2 Å². The number of hydrogen-bond acceptors (Lipinski definition) is 5. The van der Waals surface area contributed by atoms with Crippen molar-refractivity contribution in [3.8, 4) is 0 Å². The summed E-state index contributed by atoms with van der Waals surface area (Å²) >= 11 is 1.38. The Morgan fingerprint density at radius 2 is 2.13 bits per heavy atom. The van der Waals surface area contributed by atoms with Crippen molar-refractivity contribution in [2.45, 2.75) is 56.7 Å². The van der Waals surface area contributed by atoms with Gasteiger partial charge in [-0.2, -0.15) is 0 Å². The number of thioether (sulfide) groups is 1. The molecule has 0 aliphatic heterocycles. The predicted octanol–water partition coefficient (Wildman–Crippen LogP) is 3.04. The SMILES string of the molecule is CSc1ncccc1C(=O)O[C@H](C)C(=O)N[C@H]1CCCC[C@H]1C. The van der Waals surface area contributed by atoms with Gasteiger partial charge in [-0.05, 0) is 44.1 Å². The molecule has 0 spiro atoms. The molecule has 1 saturated carbocycles. The summed E-state index contributed by atoms with van der Waals surface area (Å²) in [6.07, 6.45) is 7.14. The number of carbonyl (C=O) groups is 2. The van der Waals surface area contributed by atoms with E-state index in [1.807, 2.05) is 6.26 Å². The lowest BCUT2D eigenvalue weighted by Crippen LogP contribution is -2.46. The number of nitrogens with one attached hydrogen (secondary N) is 1. The highest BCUT2D eigenvalue weighted by atomic mass is 32.2. The molecule has 0 radical (unpaired) electrons. The standard InChI is InChI=1S/C17H24N2O3S/c1-11-7-4-5-9-14(11)19-15(20)12(2)22-17(21)13-8-6-10-18-16(13)23-3/h6,8,10-12,14H,4-5,7,9H2,1-3H3,(H,19,20)/t11-,12-,14+/m1/s1. The average molecular weight is 336 g/mol. The number of hydrogen-bond donors (Lipinski definition) is 1. The van der Waals surface area contributed by atoms with Crippen LogP contribution in [-0.4, -0.2) is 35.3 Å². The van der Waals surface area contributed by atoms with Gasteiger partial charge in [-0.1, -0.05) is 19.8 Å². The minimum Gasteiger partial charge on any atom is -0.449 e. The highest BCUT2D eigenvalue weighted by Crippen LogP contribution is 2.24. The molecule has 1 aromatic heterocycles. The predicted molar refractivity (Wildman–Crippen MR) is 90.5 cm³/mol. The quantitative estimate of drug-likeness (QED) is 0.661. The Hall–Kier alpha value is -1.56. The van der Waals surface area contributed by atoms with E-state index in [0.29, 0.717) is 16.5 Å². The second-order valence-electron chi connectivity index (χ2n) is 5.98. The van der Waals surface area contributed by atoms with Crippen LogP contribution in [0.15, 0.2) is 23.4 Å². The first kappa shape index (κ1) is 17.8. The van der Waals surface area contributed by atoms with Crippen LogP contribution in [0.5, 0.6) is 0 Å². The highest BCUT2D eigenvalue weighted by molar-refractivity contribution is 7.98. The van der Waals surface area contributed by atoms with E-state index in [4.69, 9.17) is 4.74 Å². The van der Waals surface area contributed by atoms with Gasteiger partial charge >= 0.3 is 5.97 Å². The molecule has 0 saturated heterocycles. The Morgan fingerprint density at radius 1 is 1.39 bits per heavy atom. The molecule has 23 heavy (non-hydrogen) atoms. The molecule has 1 aromatic rings. The lowest BCUT2D eigenvalue weighted by atomic mass is 9.86. The van der Waals surface area contributed by atoms with Gasteiger partial charge < -0.3 is 10.1 Å². The van der Waals surface area contributed by atoms with Crippen molar-refractivity contribution >= 4 is 23.6 Å². The van der Waals surface area contributed by atoms with Crippen molar-refractivity contribution in [2.24, 2.45) is 5.92 Å². The molecule has 5 nitrogen and oxygen atoms in total. The molecule has 1 aliphatic rings. The smallest absolute Gasteiger partial charge is 0.341 e. The van der Waals surface area contributed by atoms with E-state index in [1.54, 1.807) is 25.3 Å². The summed E-state index contributed by atoms with van der Waals surface area (Å²) in [5.41, 5.74) is 0.394. The fourth-order valence-electron chi connectivity index (χ4n) is 2.82. The van der Waals surface area contributed by atoms with E-state index in [1.165, 1.54) is 18.2 Å². The van der Waals surface area contributed by atoms with E-state index >= 15 is 0 Å². The van der Waals surface area contributed by atoms with E-state index in [-0.39, 0.29) is 11.9 Å². The average Bonchev–Trinajstić information content (AvgIpc) is 2.56. The van der Waals surface area contributed by atoms with Crippen molar-refractivity contribution in [1.82, 2.24) is 10.3 Å². The van der Waals surface area contributed by atoms with Gasteiger partial charge in [0.2, 0.25) is 0 Å². The summed E-state index contributed by atoms with van der Waals surface area (Å²) in [6.45, 7) is 3.76. The van der Waals surface area contributed by atoms with Crippen molar-refractivity contribution in [3.05, 3.63) is 23.9 Å². The molecule has 6 heteroatoms. The topological polar surface area (TPSA) is 68.3 Å². The lowest BCUT2D eigenvalue weighted by Gasteiger charge is -2.30. The van der Waals surface area contributed by atoms with Crippen molar-refractivity contribution in [2.75, 3.05) is 6.26 Å². The van der Waals surface area contributed by atoms with Crippen LogP contribution in [0.4, 0.5) is 0 Å². The monoisotopic (exact) mass is 336 g/mol. The lowest BCUT2D eigenvalue weighted by molar-refractivity contribution is -0.130. The van der Waals surface area contributed by atoms with Crippen LogP contribution in [0.3, 0.4) is 0 Å². The zero-order chi connectivity index (χ0) is 16.8. The number of aromatic nitrogens is 1. The maximum Gasteiger partial charge on any atom is 0.341 e. The summed E-state index contributed by atoms with van der Waals surface area (Å²) in [4.78, 5) is 28.6. The van der Waals surface area contributed by atoms with Crippen LogP contribution in [0.2, 0.25) is 0 Å². The van der Waals surface area contributed by atoms with Gasteiger partial charge in [-0.3, -0.25) is 4.79 Å². The largest absolute Gasteiger partial charge is 0.449 e. The number of pyridine rings is 1. The highest BCUT2D eigenvalue weighted by Gasteiger charge is 2.27. The summed E-state index contributed by atoms with van der Waals surface area (Å²) in [6, 6.07) is 3.53. The number of carbonyl (C=O) groups excluding carboxylic acids is 2. The fourth-order valence-corrected chi connectivity index (χ4v) is 3.35. The van der Waals surface area contributed by atoms with Gasteiger partial charge in [0.25, 0.3) is 5.91 Å². The first-order valence-electron chi connectivity index (χ1n) is 8.03. The molecule has 0 unspecified atom stereocenters. The molecule has 0 aromatic carbocycles. The number of nitrogens with zero attached hydrogens (tertiary/aromatic N) is 1. The third-order valence-corrected chi connectivity index (χ3v) is 4.99. The minimum atomic E-state index is -0.813. The number of ether oxygens (including phenoxy) is 1. The molecular formula is C17H24N2O3S. The van der Waals surface area contributed by atoms with Crippen LogP contribution in [-0.2, 0) is 9.53 Å². The van der Waals surface area contributed by atoms with Crippen LogP contribution in [0.1, 0.15) is 49.9 Å². The van der Waals surface area contributed by atoms with Gasteiger partial charge in [0.15, 0.2) is 6.10 Å². The minimum absolute atomic E-state index is 0.178. The Morgan fingerprint density at radius 3 is 2.83 bits per heavy atom. The van der Waals surface area contributed by atoms with Gasteiger partial charge in [0.1, 0.15) is 5.03 Å². The molecule has 1 aliphatic carbocycles. The third kappa shape index (κ3) is 4.70. The van der Waals surface area contributed by atoms with E-state index in [9.17, 15) is 9.59 Å². The summed E-state index contributed by atoms with van der Waals surface area (Å²) < 4.78 is 5.31. The Kier molecular flexibility index (Phi) is 6.45. The molecular weight excluding hydrogens is 312 g/mol. The number of amides is 1. The molecule has 1 fully saturated rings. The Labute approximate surface area is 141 Å². The molecule has 0 bridgehead atoms. The van der Waals surface area contributed by atoms with Crippen molar-refractivity contribution < 1.29 is 14.3 Å². The Balaban J connectivity index is 1.93. The zero-order valence-corrected chi connectivity index (χ0v) is 14.7. The second kappa shape index (κ2) is 8.34. The summed E-state index contributed by atoms with van der Waals surface area (Å²) in [5.74, 6) is -0.273. The van der Waals surface area contributed by atoms with Crippen LogP contribution < -0.4 is 5.32 Å². The first-order valence-corrected chi connectivity index (χ1v) is 9.25. The van der Waals surface area contributed by atoms with Gasteiger partial charge in [0.05, 0.1) is 5.56 Å². The Bertz CT molecular complexity index is 565. The number of rotatable bonds is 5. The normalized spacial score (nSPS) is 22.2. The van der Waals surface area contributed by atoms with E-state index in [0.717, 1.165) is 19.3 Å². The molecule has 126 valence electrons. The maximum atomic E-state index is 12.3. The van der Waals surface area contributed by atoms with Crippen LogP contribution in [0.25, 0.3) is 0 Å². The number of esters is 1.